The highest BCUT2D eigenvalue weighted by atomic mass is 35.5. The first-order valence-corrected chi connectivity index (χ1v) is 17.0. The number of unbranched alkanes of at least 4 members (excludes halogenated alkanes) is 20. The van der Waals surface area contributed by atoms with Gasteiger partial charge in [-0.15, -0.1) is 0 Å². The minimum absolute atomic E-state index is 0. The van der Waals surface area contributed by atoms with Gasteiger partial charge in [0.1, 0.15) is 0 Å². The van der Waals surface area contributed by atoms with Crippen LogP contribution in [0.2, 0.25) is 0 Å². The summed E-state index contributed by atoms with van der Waals surface area (Å²) in [5.74, 6) is -0.666. The number of carboxylic acid groups (broad SMARTS) is 1. The average Bonchev–Trinajstić information content (AvgIpc) is 2.88. The van der Waals surface area contributed by atoms with Gasteiger partial charge in [-0.25, -0.2) is 0 Å². The van der Waals surface area contributed by atoms with Gasteiger partial charge >= 0.3 is 5.97 Å². The molecular formula is C34H72ClNO2. The van der Waals surface area contributed by atoms with Gasteiger partial charge < -0.3 is 22.0 Å². The van der Waals surface area contributed by atoms with Crippen LogP contribution in [0.25, 0.3) is 0 Å². The summed E-state index contributed by atoms with van der Waals surface area (Å²) >= 11 is 0. The van der Waals surface area contributed by atoms with E-state index in [2.05, 4.69) is 34.7 Å². The molecule has 0 fully saturated rings. The lowest BCUT2D eigenvalue weighted by Crippen LogP contribution is -3.00. The van der Waals surface area contributed by atoms with Crippen LogP contribution in [0.3, 0.4) is 0 Å². The van der Waals surface area contributed by atoms with E-state index in [1.54, 1.807) is 0 Å². The van der Waals surface area contributed by atoms with E-state index in [1.165, 1.54) is 165 Å². The van der Waals surface area contributed by atoms with Crippen molar-refractivity contribution in [1.82, 2.24) is 0 Å². The summed E-state index contributed by atoms with van der Waals surface area (Å²) in [5, 5.41) is 8.32. The molecule has 0 aliphatic rings. The standard InChI is InChI=1S/C25H54N.C9H18O2.ClH/c1-5-8-11-14-17-20-23-26(4,24-21-18-15-12-9-6-2)25-22-19-16-13-10-7-3;1-2-3-4-5-6-7-8-9(10)11;/h5-25H2,1-4H3;2-8H2,1H3,(H,10,11);1H/q+1;;/p-1. The van der Waals surface area contributed by atoms with Gasteiger partial charge in [0.25, 0.3) is 0 Å². The zero-order valence-electron chi connectivity index (χ0n) is 27.0. The molecule has 0 heterocycles. The average molecular weight is 562 g/mol. The second-order valence-electron chi connectivity index (χ2n) is 12.0. The fraction of sp³-hybridized carbons (Fsp3) is 0.971. The van der Waals surface area contributed by atoms with Crippen molar-refractivity contribution in [3.05, 3.63) is 0 Å². The van der Waals surface area contributed by atoms with Crippen molar-refractivity contribution in [3.63, 3.8) is 0 Å². The van der Waals surface area contributed by atoms with Crippen LogP contribution in [0.5, 0.6) is 0 Å². The predicted octanol–water partition coefficient (Wildman–Crippen LogP) is 8.34. The molecule has 0 bridgehead atoms. The molecule has 0 atom stereocenters. The fourth-order valence-electron chi connectivity index (χ4n) is 5.21. The van der Waals surface area contributed by atoms with Gasteiger partial charge in [0.15, 0.2) is 0 Å². The summed E-state index contributed by atoms with van der Waals surface area (Å²) in [6, 6.07) is 0. The zero-order chi connectivity index (χ0) is 27.9. The predicted molar refractivity (Wildman–Crippen MR) is 167 cm³/mol. The highest BCUT2D eigenvalue weighted by Gasteiger charge is 2.20. The molecule has 4 heteroatoms. The maximum atomic E-state index is 10.1. The third kappa shape index (κ3) is 35.7. The molecule has 0 radical (unpaired) electrons. The van der Waals surface area contributed by atoms with Crippen LogP contribution in [0.1, 0.15) is 188 Å². The van der Waals surface area contributed by atoms with E-state index in [-0.39, 0.29) is 12.4 Å². The lowest BCUT2D eigenvalue weighted by atomic mass is 10.1. The van der Waals surface area contributed by atoms with Crippen molar-refractivity contribution < 1.29 is 26.8 Å². The Morgan fingerprint density at radius 3 is 0.947 bits per heavy atom. The molecule has 232 valence electrons. The normalized spacial score (nSPS) is 11.1. The number of carbonyl (C=O) groups is 1. The maximum Gasteiger partial charge on any atom is 0.303 e. The SMILES string of the molecule is CCCCCCCCC(=O)O.CCCCCCCC[N+](C)(CCCCCCCC)CCCCCCCC.[Cl-]. The van der Waals surface area contributed by atoms with Crippen LogP contribution >= 0.6 is 0 Å². The summed E-state index contributed by atoms with van der Waals surface area (Å²) < 4.78 is 1.36. The van der Waals surface area contributed by atoms with E-state index < -0.39 is 5.97 Å². The number of carboxylic acids is 1. The first-order valence-electron chi connectivity index (χ1n) is 17.0. The summed E-state index contributed by atoms with van der Waals surface area (Å²) in [7, 11) is 2.56. The Balaban J connectivity index is -0.000000859. The molecule has 0 amide bonds. The Bertz CT molecular complexity index is 403. The smallest absolute Gasteiger partial charge is 0.303 e. The van der Waals surface area contributed by atoms with Crippen LogP contribution in [0, 0.1) is 0 Å². The molecular weight excluding hydrogens is 490 g/mol. The maximum absolute atomic E-state index is 10.1. The number of rotatable bonds is 28. The Hall–Kier alpha value is -0.280. The van der Waals surface area contributed by atoms with Gasteiger partial charge in [-0.05, 0) is 44.9 Å². The van der Waals surface area contributed by atoms with Gasteiger partial charge in [-0.1, -0.05) is 137 Å². The summed E-state index contributed by atoms with van der Waals surface area (Å²) in [5.41, 5.74) is 0. The Kier molecular flexibility index (Phi) is 38.6. The minimum Gasteiger partial charge on any atom is -1.00 e. The zero-order valence-corrected chi connectivity index (χ0v) is 27.7. The van der Waals surface area contributed by atoms with Gasteiger partial charge in [0.2, 0.25) is 0 Å². The highest BCUT2D eigenvalue weighted by Crippen LogP contribution is 2.16. The summed E-state index contributed by atoms with van der Waals surface area (Å²) in [6.45, 7) is 13.4. The molecule has 0 aliphatic carbocycles. The molecule has 0 aliphatic heterocycles. The molecule has 0 rings (SSSR count). The van der Waals surface area contributed by atoms with Crippen LogP contribution in [0.4, 0.5) is 0 Å². The van der Waals surface area contributed by atoms with Gasteiger partial charge in [-0.3, -0.25) is 4.79 Å². The second kappa shape index (κ2) is 34.7. The fourth-order valence-corrected chi connectivity index (χ4v) is 5.21. The Labute approximate surface area is 247 Å². The van der Waals surface area contributed by atoms with Gasteiger partial charge in [0.05, 0.1) is 26.7 Å². The van der Waals surface area contributed by atoms with E-state index in [0.717, 1.165) is 12.8 Å². The van der Waals surface area contributed by atoms with Crippen LogP contribution in [-0.4, -0.2) is 42.2 Å². The Morgan fingerprint density at radius 2 is 0.684 bits per heavy atom. The summed E-state index contributed by atoms with van der Waals surface area (Å²) in [4.78, 5) is 10.1. The van der Waals surface area contributed by atoms with E-state index >= 15 is 0 Å². The second-order valence-corrected chi connectivity index (χ2v) is 12.0. The van der Waals surface area contributed by atoms with Gasteiger partial charge in [0, 0.05) is 6.42 Å². The quantitative estimate of drug-likeness (QED) is 0.0769. The van der Waals surface area contributed by atoms with Crippen LogP contribution in [-0.2, 0) is 4.79 Å². The number of hydrogen-bond donors (Lipinski definition) is 1. The topological polar surface area (TPSA) is 37.3 Å². The van der Waals surface area contributed by atoms with E-state index in [9.17, 15) is 4.79 Å². The first kappa shape index (κ1) is 42.2. The number of nitrogens with zero attached hydrogens (tertiary/aromatic N) is 1. The molecule has 0 aromatic heterocycles. The van der Waals surface area contributed by atoms with Gasteiger partial charge in [-0.2, -0.15) is 0 Å². The minimum atomic E-state index is -0.666. The van der Waals surface area contributed by atoms with Crippen molar-refractivity contribution >= 4 is 5.97 Å². The molecule has 0 saturated heterocycles. The third-order valence-electron chi connectivity index (χ3n) is 7.90. The Morgan fingerprint density at radius 1 is 0.447 bits per heavy atom. The third-order valence-corrected chi connectivity index (χ3v) is 7.90. The van der Waals surface area contributed by atoms with Crippen molar-refractivity contribution in [2.24, 2.45) is 0 Å². The lowest BCUT2D eigenvalue weighted by molar-refractivity contribution is -0.910. The lowest BCUT2D eigenvalue weighted by Gasteiger charge is -2.35. The number of quaternary nitrogens is 1. The van der Waals surface area contributed by atoms with Crippen molar-refractivity contribution in [2.75, 3.05) is 26.7 Å². The molecule has 38 heavy (non-hydrogen) atoms. The number of aliphatic carboxylic acids is 1. The molecule has 1 N–H and O–H groups in total. The molecule has 0 aromatic rings. The first-order chi connectivity index (χ1) is 18.0. The molecule has 0 saturated carbocycles. The van der Waals surface area contributed by atoms with Crippen LogP contribution in [0.15, 0.2) is 0 Å². The largest absolute Gasteiger partial charge is 1.00 e. The van der Waals surface area contributed by atoms with Crippen molar-refractivity contribution in [3.8, 4) is 0 Å². The summed E-state index contributed by atoms with van der Waals surface area (Å²) in [6.07, 6.45) is 33.1. The van der Waals surface area contributed by atoms with E-state index in [4.69, 9.17) is 5.11 Å². The highest BCUT2D eigenvalue weighted by molar-refractivity contribution is 5.66. The molecule has 0 unspecified atom stereocenters. The van der Waals surface area contributed by atoms with E-state index in [0.29, 0.717) is 6.42 Å². The number of halogens is 1. The molecule has 0 spiro atoms. The monoisotopic (exact) mass is 562 g/mol. The van der Waals surface area contributed by atoms with Crippen molar-refractivity contribution in [1.29, 1.82) is 0 Å². The molecule has 0 aromatic carbocycles. The number of hydrogen-bond acceptors (Lipinski definition) is 1. The van der Waals surface area contributed by atoms with Crippen LogP contribution < -0.4 is 12.4 Å². The molecule has 3 nitrogen and oxygen atoms in total. The van der Waals surface area contributed by atoms with Crippen molar-refractivity contribution in [2.45, 2.75) is 188 Å². The van der Waals surface area contributed by atoms with E-state index in [1.807, 2.05) is 0 Å².